The minimum atomic E-state index is -2.05. The number of β-lactam (4-membered cyclic amide) rings is 1. The largest absolute Gasteiger partial charge is 0.519 e. The smallest absolute Gasteiger partial charge is 0.302 e. The van der Waals surface area contributed by atoms with Crippen molar-refractivity contribution >= 4 is 43.7 Å². The quantitative estimate of drug-likeness (QED) is 0.409. The van der Waals surface area contributed by atoms with Gasteiger partial charge in [0.2, 0.25) is 19.4 Å². The Bertz CT molecular complexity index is 696. The van der Waals surface area contributed by atoms with Crippen molar-refractivity contribution in [1.82, 2.24) is 25.1 Å². The van der Waals surface area contributed by atoms with Gasteiger partial charge < -0.3 is 15.1 Å². The van der Waals surface area contributed by atoms with Crippen LogP contribution in [-0.2, 0) is 21.1 Å². The Hall–Kier alpha value is -1.11. The average Bonchev–Trinajstić information content (AvgIpc) is 2.95. The summed E-state index contributed by atoms with van der Waals surface area (Å²) in [4.78, 5) is 26.8. The molecule has 0 radical (unpaired) electrons. The molecule has 2 N–H and O–H groups in total. The molecule has 1 amide bonds. The molecule has 138 valence electrons. The monoisotopic (exact) mass is 402 g/mol. The number of carbonyl (C=O) groups is 2. The van der Waals surface area contributed by atoms with E-state index < -0.39 is 19.8 Å². The summed E-state index contributed by atoms with van der Waals surface area (Å²) < 4.78 is 7.36. The van der Waals surface area contributed by atoms with Gasteiger partial charge in [-0.1, -0.05) is 11.8 Å². The predicted molar refractivity (Wildman–Crippen MR) is 97.3 cm³/mol. The predicted octanol–water partition coefficient (Wildman–Crippen LogP) is -0.0909. The molecule has 0 aromatic carbocycles. The third kappa shape index (κ3) is 3.57. The second kappa shape index (κ2) is 6.56. The van der Waals surface area contributed by atoms with E-state index >= 15 is 0 Å². The molecule has 0 spiro atoms. The van der Waals surface area contributed by atoms with Crippen LogP contribution < -0.4 is 5.73 Å². The molecule has 3 rings (SSSR count). The van der Waals surface area contributed by atoms with E-state index in [0.29, 0.717) is 23.2 Å². The molecule has 2 saturated heterocycles. The highest BCUT2D eigenvalue weighted by Crippen LogP contribution is 2.44. The van der Waals surface area contributed by atoms with Crippen LogP contribution in [0.4, 0.5) is 0 Å². The van der Waals surface area contributed by atoms with Crippen molar-refractivity contribution in [3.63, 3.8) is 0 Å². The van der Waals surface area contributed by atoms with Crippen molar-refractivity contribution in [2.75, 3.05) is 18.1 Å². The Morgan fingerprint density at radius 2 is 2.24 bits per heavy atom. The van der Waals surface area contributed by atoms with Gasteiger partial charge in [0.1, 0.15) is 16.8 Å². The maximum Gasteiger partial charge on any atom is 0.302 e. The van der Waals surface area contributed by atoms with E-state index in [9.17, 15) is 9.59 Å². The first-order valence-corrected chi connectivity index (χ1v) is 13.3. The number of fused-ring (bicyclic) bond motifs is 1. The van der Waals surface area contributed by atoms with E-state index in [2.05, 4.69) is 15.5 Å². The van der Waals surface area contributed by atoms with Gasteiger partial charge in [-0.2, -0.15) is 0 Å². The van der Waals surface area contributed by atoms with E-state index in [1.54, 1.807) is 28.4 Å². The summed E-state index contributed by atoms with van der Waals surface area (Å²) in [5.41, 5.74) is 5.07. The van der Waals surface area contributed by atoms with Gasteiger partial charge in [0, 0.05) is 25.1 Å². The van der Waals surface area contributed by atoms with Gasteiger partial charge >= 0.3 is 5.97 Å². The lowest BCUT2D eigenvalue weighted by Crippen LogP contribution is -2.72. The fourth-order valence-electron chi connectivity index (χ4n) is 2.73. The number of aryl methyl sites for hydroxylation is 1. The van der Waals surface area contributed by atoms with Crippen LogP contribution in [-0.4, -0.2) is 74.8 Å². The Morgan fingerprint density at radius 3 is 2.84 bits per heavy atom. The van der Waals surface area contributed by atoms with Crippen LogP contribution >= 0.6 is 23.5 Å². The summed E-state index contributed by atoms with van der Waals surface area (Å²) in [6.45, 7) is 6.25. The zero-order valence-corrected chi connectivity index (χ0v) is 17.3. The molecule has 0 saturated carbocycles. The topological polar surface area (TPSA) is 116 Å². The Morgan fingerprint density at radius 1 is 1.52 bits per heavy atom. The van der Waals surface area contributed by atoms with Crippen LogP contribution in [0.25, 0.3) is 0 Å². The van der Waals surface area contributed by atoms with E-state index in [1.807, 2.05) is 19.6 Å². The fraction of sp³-hybridized carbons (Fsp3) is 0.769. The Balaban J connectivity index is 1.80. The third-order valence-corrected chi connectivity index (χ3v) is 7.78. The van der Waals surface area contributed by atoms with Crippen LogP contribution in [0.3, 0.4) is 0 Å². The minimum absolute atomic E-state index is 0.0400. The van der Waals surface area contributed by atoms with Gasteiger partial charge in [-0.05, 0) is 30.1 Å². The summed E-state index contributed by atoms with van der Waals surface area (Å²) in [6.07, 6.45) is 0. The molecule has 12 heteroatoms. The molecular weight excluding hydrogens is 380 g/mol. The first-order chi connectivity index (χ1) is 11.6. The summed E-state index contributed by atoms with van der Waals surface area (Å²) >= 11 is 2.95. The molecule has 2 aliphatic heterocycles. The minimum Gasteiger partial charge on any atom is -0.519 e. The highest BCUT2D eigenvalue weighted by Gasteiger charge is 2.56. The molecule has 1 aromatic heterocycles. The molecule has 1 aromatic rings. The maximum atomic E-state index is 13.0. The number of rotatable bonds is 5. The van der Waals surface area contributed by atoms with E-state index in [-0.39, 0.29) is 17.3 Å². The second-order valence-electron chi connectivity index (χ2n) is 7.35. The summed E-state index contributed by atoms with van der Waals surface area (Å²) in [7, 11) is -0.302. The van der Waals surface area contributed by atoms with Gasteiger partial charge in [-0.3, -0.25) is 9.59 Å². The Labute approximate surface area is 155 Å². The number of carbonyl (C=O) groups excluding carboxylic acids is 2. The molecule has 0 bridgehead atoms. The maximum absolute atomic E-state index is 13.0. The molecule has 2 unspecified atom stereocenters. The number of nitrogens with zero attached hydrogens (tertiary/aromatic N) is 5. The lowest BCUT2D eigenvalue weighted by Gasteiger charge is -2.53. The van der Waals surface area contributed by atoms with Crippen molar-refractivity contribution in [3.05, 3.63) is 0 Å². The number of thioether (sulfide) groups is 2. The summed E-state index contributed by atoms with van der Waals surface area (Å²) in [6, 6.07) is -0.466. The number of nitrogens with two attached hydrogens (primary N) is 1. The first-order valence-electron chi connectivity index (χ1n) is 7.89. The van der Waals surface area contributed by atoms with Gasteiger partial charge in [-0.15, -0.1) is 16.9 Å². The van der Waals surface area contributed by atoms with Crippen LogP contribution in [0.5, 0.6) is 0 Å². The SMILES string of the molecule is Cn1nnnc1SCC1(C(=O)O[Si](C)(C)C)CS[C@@H]2C(N)C(=O)N2C1. The van der Waals surface area contributed by atoms with Crippen molar-refractivity contribution in [1.29, 1.82) is 0 Å². The third-order valence-electron chi connectivity index (χ3n) is 4.08. The zero-order chi connectivity index (χ0) is 18.4. The van der Waals surface area contributed by atoms with Gasteiger partial charge in [-0.25, -0.2) is 4.68 Å². The number of tetrazole rings is 1. The van der Waals surface area contributed by atoms with Crippen LogP contribution in [0.15, 0.2) is 5.16 Å². The highest BCUT2D eigenvalue weighted by atomic mass is 32.2. The van der Waals surface area contributed by atoms with Gasteiger partial charge in [0.25, 0.3) is 0 Å². The van der Waals surface area contributed by atoms with Crippen LogP contribution in [0, 0.1) is 5.41 Å². The molecule has 0 aliphatic carbocycles. The molecule has 3 atom stereocenters. The Kier molecular flexibility index (Phi) is 4.90. The molecule has 25 heavy (non-hydrogen) atoms. The second-order valence-corrected chi connectivity index (χ2v) is 13.8. The first kappa shape index (κ1) is 18.7. The molecule has 2 fully saturated rings. The van der Waals surface area contributed by atoms with E-state index in [1.165, 1.54) is 11.8 Å². The van der Waals surface area contributed by atoms with Crippen molar-refractivity contribution < 1.29 is 14.0 Å². The van der Waals surface area contributed by atoms with Crippen molar-refractivity contribution in [3.8, 4) is 0 Å². The molecular formula is C13H22N6O3S2Si. The number of aromatic nitrogens is 4. The molecule has 9 nitrogen and oxygen atoms in total. The van der Waals surface area contributed by atoms with E-state index in [0.717, 1.165) is 0 Å². The lowest BCUT2D eigenvalue weighted by atomic mass is 9.89. The fourth-order valence-corrected chi connectivity index (χ4v) is 6.15. The summed E-state index contributed by atoms with van der Waals surface area (Å²) in [5.74, 6) is 0.668. The normalized spacial score (nSPS) is 29.2. The summed E-state index contributed by atoms with van der Waals surface area (Å²) in [5, 5.41) is 12.0. The molecule has 2 aliphatic rings. The van der Waals surface area contributed by atoms with Crippen molar-refractivity contribution in [2.45, 2.75) is 36.2 Å². The number of amides is 1. The van der Waals surface area contributed by atoms with Gasteiger partial charge in [0.05, 0.1) is 0 Å². The van der Waals surface area contributed by atoms with Crippen molar-refractivity contribution in [2.24, 2.45) is 18.2 Å². The van der Waals surface area contributed by atoms with Gasteiger partial charge in [0.15, 0.2) is 0 Å². The highest BCUT2D eigenvalue weighted by molar-refractivity contribution is 8.00. The molecule has 3 heterocycles. The number of hydrogen-bond acceptors (Lipinski definition) is 9. The van der Waals surface area contributed by atoms with Crippen LogP contribution in [0.2, 0.25) is 19.6 Å². The lowest BCUT2D eigenvalue weighted by molar-refractivity contribution is -0.154. The van der Waals surface area contributed by atoms with E-state index in [4.69, 9.17) is 10.2 Å². The average molecular weight is 403 g/mol. The zero-order valence-electron chi connectivity index (χ0n) is 14.6. The van der Waals surface area contributed by atoms with Crippen LogP contribution in [0.1, 0.15) is 0 Å². The number of hydrogen-bond donors (Lipinski definition) is 1. The standard InChI is InChI=1S/C13H22N6O3S2Si/c1-18-12(15-16-17-18)24-7-13(11(21)22-25(2,3)4)5-19-9(20)8(14)10(19)23-6-13/h8,10H,5-7,14H2,1-4H3/t8?,10-,13?/m1/s1.